The summed E-state index contributed by atoms with van der Waals surface area (Å²) in [5.41, 5.74) is 2.92. The fraction of sp³-hybridized carbons (Fsp3) is 0.440. The molecule has 0 radical (unpaired) electrons. The van der Waals surface area contributed by atoms with Gasteiger partial charge in [0.15, 0.2) is 0 Å². The molecule has 0 aromatic heterocycles. The van der Waals surface area contributed by atoms with Gasteiger partial charge in [0.05, 0.1) is 0 Å². The van der Waals surface area contributed by atoms with Crippen LogP contribution in [0.2, 0.25) is 0 Å². The first-order chi connectivity index (χ1) is 12.8. The third kappa shape index (κ3) is 4.10. The van der Waals surface area contributed by atoms with E-state index in [4.69, 9.17) is 0 Å². The normalized spacial score (nSPS) is 33.9. The fourth-order valence-electron chi connectivity index (χ4n) is 4.75. The molecule has 1 aromatic carbocycles. The van der Waals surface area contributed by atoms with Crippen molar-refractivity contribution in [3.05, 3.63) is 78.4 Å². The van der Waals surface area contributed by atoms with Crippen LogP contribution in [-0.4, -0.2) is 12.1 Å². The number of allylic oxidation sites excluding steroid dienone is 6. The minimum atomic E-state index is 0.550. The predicted octanol–water partition coefficient (Wildman–Crippen LogP) is 5.93. The number of rotatable bonds is 4. The lowest BCUT2D eigenvalue weighted by Crippen LogP contribution is -2.43. The maximum absolute atomic E-state index is 3.94. The van der Waals surface area contributed by atoms with Gasteiger partial charge in [-0.15, -0.1) is 0 Å². The summed E-state index contributed by atoms with van der Waals surface area (Å²) in [6.45, 7) is 2.37. The van der Waals surface area contributed by atoms with Crippen molar-refractivity contribution in [1.29, 1.82) is 0 Å². The summed E-state index contributed by atoms with van der Waals surface area (Å²) < 4.78 is 0. The number of nitrogens with one attached hydrogen (secondary N) is 1. The Morgan fingerprint density at radius 2 is 1.77 bits per heavy atom. The zero-order valence-electron chi connectivity index (χ0n) is 15.9. The van der Waals surface area contributed by atoms with E-state index in [1.807, 2.05) is 0 Å². The summed E-state index contributed by atoms with van der Waals surface area (Å²) >= 11 is 0. The zero-order chi connectivity index (χ0) is 17.8. The Hall–Kier alpha value is -1.86. The van der Waals surface area contributed by atoms with E-state index in [2.05, 4.69) is 85.1 Å². The first-order valence-electron chi connectivity index (χ1n) is 10.3. The van der Waals surface area contributed by atoms with Crippen LogP contribution in [0.5, 0.6) is 0 Å². The van der Waals surface area contributed by atoms with Crippen LogP contribution in [0.15, 0.2) is 72.9 Å². The van der Waals surface area contributed by atoms with Crippen molar-refractivity contribution in [2.45, 2.75) is 51.1 Å². The van der Waals surface area contributed by atoms with Gasteiger partial charge in [-0.3, -0.25) is 0 Å². The average Bonchev–Trinajstić information content (AvgIpc) is 2.71. The van der Waals surface area contributed by atoms with E-state index in [1.165, 1.54) is 43.2 Å². The van der Waals surface area contributed by atoms with Crippen LogP contribution in [0.3, 0.4) is 0 Å². The number of benzene rings is 1. The molecule has 0 saturated carbocycles. The van der Waals surface area contributed by atoms with Crippen molar-refractivity contribution in [2.75, 3.05) is 0 Å². The largest absolute Gasteiger partial charge is 0.307 e. The molecule has 0 fully saturated rings. The Morgan fingerprint density at radius 1 is 0.885 bits per heavy atom. The van der Waals surface area contributed by atoms with Gasteiger partial charge in [0, 0.05) is 12.1 Å². The Labute approximate surface area is 158 Å². The summed E-state index contributed by atoms with van der Waals surface area (Å²) in [5.74, 6) is 2.03. The van der Waals surface area contributed by atoms with Gasteiger partial charge in [-0.25, -0.2) is 0 Å². The molecule has 0 saturated heterocycles. The molecule has 4 rings (SSSR count). The van der Waals surface area contributed by atoms with Crippen LogP contribution >= 0.6 is 0 Å². The van der Waals surface area contributed by atoms with Gasteiger partial charge >= 0.3 is 0 Å². The molecule has 1 N–H and O–H groups in total. The SMILES string of the molecule is CC1C=C(c2ccccc2)CCC1NC1C=C[C@@H](C2C=CC=CC2)CC1. The maximum Gasteiger partial charge on any atom is 0.0253 e. The maximum atomic E-state index is 3.94. The Balaban J connectivity index is 1.33. The molecule has 0 heterocycles. The molecule has 3 aliphatic carbocycles. The van der Waals surface area contributed by atoms with Gasteiger partial charge in [-0.2, -0.15) is 0 Å². The van der Waals surface area contributed by atoms with Gasteiger partial charge in [0.2, 0.25) is 0 Å². The Kier molecular flexibility index (Phi) is 5.55. The van der Waals surface area contributed by atoms with Crippen molar-refractivity contribution in [3.8, 4) is 0 Å². The number of hydrogen-bond donors (Lipinski definition) is 1. The molecule has 136 valence electrons. The van der Waals surface area contributed by atoms with Crippen LogP contribution in [0, 0.1) is 17.8 Å². The standard InChI is InChI=1S/C25H31N/c1-19-18-23(21-10-6-3-7-11-21)14-17-25(19)26-24-15-12-22(13-16-24)20-8-4-2-5-9-20/h2-8,10-12,15,18-20,22,24-26H,9,13-14,16-17H2,1H3/t19?,20?,22-,24?,25?/m1/s1. The zero-order valence-corrected chi connectivity index (χ0v) is 15.9. The Bertz CT molecular complexity index is 709. The highest BCUT2D eigenvalue weighted by atomic mass is 15.0. The molecule has 1 aromatic rings. The van der Waals surface area contributed by atoms with Gasteiger partial charge in [0.1, 0.15) is 0 Å². The van der Waals surface area contributed by atoms with E-state index in [-0.39, 0.29) is 0 Å². The lowest BCUT2D eigenvalue weighted by atomic mass is 9.79. The second-order valence-corrected chi connectivity index (χ2v) is 8.17. The molecular weight excluding hydrogens is 314 g/mol. The fourth-order valence-corrected chi connectivity index (χ4v) is 4.75. The van der Waals surface area contributed by atoms with Crippen molar-refractivity contribution in [3.63, 3.8) is 0 Å². The second-order valence-electron chi connectivity index (χ2n) is 8.17. The Morgan fingerprint density at radius 3 is 2.46 bits per heavy atom. The minimum absolute atomic E-state index is 0.550. The molecular formula is C25H31N. The van der Waals surface area contributed by atoms with Gasteiger partial charge in [-0.1, -0.05) is 79.8 Å². The van der Waals surface area contributed by atoms with Crippen LogP contribution in [0.1, 0.15) is 44.6 Å². The quantitative estimate of drug-likeness (QED) is 0.667. The highest BCUT2D eigenvalue weighted by molar-refractivity contribution is 5.66. The molecule has 1 nitrogen and oxygen atoms in total. The molecule has 1 heteroatoms. The minimum Gasteiger partial charge on any atom is -0.307 e. The van der Waals surface area contributed by atoms with Crippen LogP contribution in [0.4, 0.5) is 0 Å². The van der Waals surface area contributed by atoms with E-state index in [0.29, 0.717) is 23.9 Å². The highest BCUT2D eigenvalue weighted by Crippen LogP contribution is 2.33. The molecule has 3 aliphatic rings. The lowest BCUT2D eigenvalue weighted by Gasteiger charge is -2.34. The first kappa shape index (κ1) is 17.5. The highest BCUT2D eigenvalue weighted by Gasteiger charge is 2.26. The van der Waals surface area contributed by atoms with E-state index in [0.717, 1.165) is 5.92 Å². The molecule has 0 bridgehead atoms. The third-order valence-electron chi connectivity index (χ3n) is 6.36. The summed E-state index contributed by atoms with van der Waals surface area (Å²) in [6.07, 6.45) is 22.7. The summed E-state index contributed by atoms with van der Waals surface area (Å²) in [4.78, 5) is 0. The average molecular weight is 346 g/mol. The van der Waals surface area contributed by atoms with Crippen LogP contribution in [0.25, 0.3) is 5.57 Å². The monoisotopic (exact) mass is 345 g/mol. The molecule has 0 amide bonds. The van der Waals surface area contributed by atoms with E-state index in [9.17, 15) is 0 Å². The van der Waals surface area contributed by atoms with E-state index in [1.54, 1.807) is 0 Å². The van der Waals surface area contributed by atoms with Crippen LogP contribution in [-0.2, 0) is 0 Å². The number of hydrogen-bond acceptors (Lipinski definition) is 1. The van der Waals surface area contributed by atoms with Gasteiger partial charge in [0.25, 0.3) is 0 Å². The van der Waals surface area contributed by atoms with Crippen molar-refractivity contribution in [1.82, 2.24) is 5.32 Å². The molecule has 0 spiro atoms. The summed E-state index contributed by atoms with van der Waals surface area (Å²) in [6, 6.07) is 12.0. The van der Waals surface area contributed by atoms with Crippen molar-refractivity contribution < 1.29 is 0 Å². The lowest BCUT2D eigenvalue weighted by molar-refractivity contribution is 0.329. The van der Waals surface area contributed by atoms with Crippen LogP contribution < -0.4 is 5.32 Å². The molecule has 26 heavy (non-hydrogen) atoms. The third-order valence-corrected chi connectivity index (χ3v) is 6.36. The van der Waals surface area contributed by atoms with Gasteiger partial charge in [-0.05, 0) is 61.0 Å². The van der Waals surface area contributed by atoms with E-state index >= 15 is 0 Å². The predicted molar refractivity (Wildman–Crippen MR) is 112 cm³/mol. The smallest absolute Gasteiger partial charge is 0.0253 e. The van der Waals surface area contributed by atoms with Crippen molar-refractivity contribution in [2.24, 2.45) is 17.8 Å². The second kappa shape index (κ2) is 8.22. The van der Waals surface area contributed by atoms with E-state index < -0.39 is 0 Å². The molecule has 5 atom stereocenters. The summed E-state index contributed by atoms with van der Waals surface area (Å²) in [5, 5.41) is 3.94. The van der Waals surface area contributed by atoms with Crippen molar-refractivity contribution >= 4 is 5.57 Å². The summed E-state index contributed by atoms with van der Waals surface area (Å²) in [7, 11) is 0. The topological polar surface area (TPSA) is 12.0 Å². The molecule has 0 aliphatic heterocycles. The van der Waals surface area contributed by atoms with Gasteiger partial charge < -0.3 is 5.32 Å². The molecule has 4 unspecified atom stereocenters. The first-order valence-corrected chi connectivity index (χ1v) is 10.3.